The number of hydrogen-bond acceptors (Lipinski definition) is 3. The number of thioether (sulfide) groups is 1. The van der Waals surface area contributed by atoms with E-state index in [-0.39, 0.29) is 17.7 Å². The van der Waals surface area contributed by atoms with Gasteiger partial charge in [-0.1, -0.05) is 41.9 Å². The van der Waals surface area contributed by atoms with Crippen LogP contribution in [0.1, 0.15) is 11.1 Å². The van der Waals surface area contributed by atoms with Gasteiger partial charge in [-0.05, 0) is 41.6 Å². The molecule has 0 N–H and O–H groups in total. The summed E-state index contributed by atoms with van der Waals surface area (Å²) in [6.07, 6.45) is 3.76. The number of carbonyl (C=O) groups excluding carboxylic acids is 2. The number of halogens is 1. The van der Waals surface area contributed by atoms with Crippen LogP contribution in [0.4, 0.5) is 4.79 Å². The van der Waals surface area contributed by atoms with Crippen LogP contribution in [0, 0.1) is 0 Å². The predicted molar refractivity (Wildman–Crippen MR) is 106 cm³/mol. The van der Waals surface area contributed by atoms with Crippen LogP contribution in [0.2, 0.25) is 5.02 Å². The molecule has 4 nitrogen and oxygen atoms in total. The third-order valence-corrected chi connectivity index (χ3v) is 5.46. The van der Waals surface area contributed by atoms with Crippen molar-refractivity contribution in [1.82, 2.24) is 9.47 Å². The quantitative estimate of drug-likeness (QED) is 0.594. The highest BCUT2D eigenvalue weighted by Gasteiger charge is 2.35. The lowest BCUT2D eigenvalue weighted by molar-refractivity contribution is -0.123. The van der Waals surface area contributed by atoms with Crippen LogP contribution in [0.15, 0.2) is 59.6 Å². The van der Waals surface area contributed by atoms with Gasteiger partial charge < -0.3 is 4.57 Å². The second-order valence-corrected chi connectivity index (χ2v) is 7.54. The Hall–Kier alpha value is -2.50. The highest BCUT2D eigenvalue weighted by atomic mass is 35.5. The van der Waals surface area contributed by atoms with Crippen molar-refractivity contribution in [1.29, 1.82) is 0 Å². The average Bonchev–Trinajstić information content (AvgIpc) is 3.07. The number of benzene rings is 2. The second kappa shape index (κ2) is 6.67. The molecule has 1 aliphatic heterocycles. The lowest BCUT2D eigenvalue weighted by atomic mass is 10.1. The molecule has 0 unspecified atom stereocenters. The van der Waals surface area contributed by atoms with Gasteiger partial charge in [-0.15, -0.1) is 0 Å². The van der Waals surface area contributed by atoms with Crippen LogP contribution in [0.3, 0.4) is 0 Å². The minimum absolute atomic E-state index is 0.220. The minimum Gasteiger partial charge on any atom is -0.350 e. The standard InChI is InChI=1S/C20H15ClN2O2S/c1-22-12-14(16-7-2-3-8-17(16)22)10-18-19(24)23(20(25)26-18)11-13-5-4-6-15(21)9-13/h2-10,12H,11H2,1H3/b18-10-. The van der Waals surface area contributed by atoms with E-state index in [1.54, 1.807) is 18.2 Å². The summed E-state index contributed by atoms with van der Waals surface area (Å²) < 4.78 is 2.01. The molecule has 3 aromatic rings. The van der Waals surface area contributed by atoms with Crippen molar-refractivity contribution in [2.75, 3.05) is 0 Å². The van der Waals surface area contributed by atoms with E-state index >= 15 is 0 Å². The number of carbonyl (C=O) groups is 2. The van der Waals surface area contributed by atoms with E-state index in [0.29, 0.717) is 9.93 Å². The predicted octanol–water partition coefficient (Wildman–Crippen LogP) is 5.07. The van der Waals surface area contributed by atoms with E-state index in [9.17, 15) is 9.59 Å². The summed E-state index contributed by atoms with van der Waals surface area (Å²) >= 11 is 6.96. The summed E-state index contributed by atoms with van der Waals surface area (Å²) in [5, 5.41) is 1.37. The van der Waals surface area contributed by atoms with E-state index in [4.69, 9.17) is 11.6 Å². The number of aryl methyl sites for hydroxylation is 1. The smallest absolute Gasteiger partial charge is 0.293 e. The van der Waals surface area contributed by atoms with E-state index in [2.05, 4.69) is 0 Å². The van der Waals surface area contributed by atoms with Gasteiger partial charge in [0.2, 0.25) is 0 Å². The molecule has 2 heterocycles. The van der Waals surface area contributed by atoms with Gasteiger partial charge in [0.1, 0.15) is 0 Å². The van der Waals surface area contributed by atoms with E-state index in [0.717, 1.165) is 33.8 Å². The molecule has 2 aromatic carbocycles. The van der Waals surface area contributed by atoms with Gasteiger partial charge in [-0.3, -0.25) is 14.5 Å². The molecule has 1 aromatic heterocycles. The molecule has 2 amide bonds. The van der Waals surface area contributed by atoms with E-state index in [1.807, 2.05) is 54.2 Å². The van der Waals surface area contributed by atoms with Gasteiger partial charge in [-0.25, -0.2) is 0 Å². The molecule has 0 saturated carbocycles. The lowest BCUT2D eigenvalue weighted by Gasteiger charge is -2.12. The number of rotatable bonds is 3. The van der Waals surface area contributed by atoms with Crippen LogP contribution >= 0.6 is 23.4 Å². The zero-order valence-corrected chi connectivity index (χ0v) is 15.6. The first kappa shape index (κ1) is 16.9. The highest BCUT2D eigenvalue weighted by molar-refractivity contribution is 8.18. The first-order valence-corrected chi connectivity index (χ1v) is 9.26. The number of amides is 2. The molecule has 1 fully saturated rings. The number of imide groups is 1. The van der Waals surface area contributed by atoms with Gasteiger partial charge in [0, 0.05) is 34.7 Å². The Morgan fingerprint density at radius 3 is 2.73 bits per heavy atom. The number of hydrogen-bond donors (Lipinski definition) is 0. The molecule has 26 heavy (non-hydrogen) atoms. The van der Waals surface area contributed by atoms with Crippen LogP contribution in [0.5, 0.6) is 0 Å². The molecule has 4 rings (SSSR count). The van der Waals surface area contributed by atoms with Gasteiger partial charge in [0.05, 0.1) is 11.4 Å². The van der Waals surface area contributed by atoms with Crippen molar-refractivity contribution < 1.29 is 9.59 Å². The Kier molecular flexibility index (Phi) is 4.34. The third-order valence-electron chi connectivity index (χ3n) is 4.32. The fraction of sp³-hybridized carbons (Fsp3) is 0.100. The molecule has 1 saturated heterocycles. The number of fused-ring (bicyclic) bond motifs is 1. The van der Waals surface area contributed by atoms with Crippen molar-refractivity contribution in [3.63, 3.8) is 0 Å². The molecule has 0 radical (unpaired) electrons. The van der Waals surface area contributed by atoms with Crippen molar-refractivity contribution in [3.8, 4) is 0 Å². The lowest BCUT2D eigenvalue weighted by Crippen LogP contribution is -2.27. The molecule has 0 atom stereocenters. The van der Waals surface area contributed by atoms with E-state index in [1.165, 1.54) is 4.90 Å². The van der Waals surface area contributed by atoms with Crippen molar-refractivity contribution in [2.45, 2.75) is 6.54 Å². The van der Waals surface area contributed by atoms with Gasteiger partial charge in [0.25, 0.3) is 11.1 Å². The first-order chi connectivity index (χ1) is 12.5. The monoisotopic (exact) mass is 382 g/mol. The largest absolute Gasteiger partial charge is 0.350 e. The number of nitrogens with zero attached hydrogens (tertiary/aromatic N) is 2. The Bertz CT molecular complexity index is 1070. The van der Waals surface area contributed by atoms with Crippen molar-refractivity contribution >= 4 is 51.5 Å². The summed E-state index contributed by atoms with van der Waals surface area (Å²) in [5.74, 6) is -0.270. The topological polar surface area (TPSA) is 42.3 Å². The minimum atomic E-state index is -0.270. The van der Waals surface area contributed by atoms with Crippen molar-refractivity contribution in [3.05, 3.63) is 75.8 Å². The number of aromatic nitrogens is 1. The highest BCUT2D eigenvalue weighted by Crippen LogP contribution is 2.35. The summed E-state index contributed by atoms with van der Waals surface area (Å²) in [4.78, 5) is 26.8. The van der Waals surface area contributed by atoms with Crippen LogP contribution in [-0.4, -0.2) is 20.6 Å². The Morgan fingerprint density at radius 1 is 1.12 bits per heavy atom. The maximum absolute atomic E-state index is 12.7. The number of para-hydroxylation sites is 1. The van der Waals surface area contributed by atoms with Gasteiger partial charge in [0.15, 0.2) is 0 Å². The maximum Gasteiger partial charge on any atom is 0.293 e. The SMILES string of the molecule is Cn1cc(/C=C2\SC(=O)N(Cc3cccc(Cl)c3)C2=O)c2ccccc21. The molecule has 0 spiro atoms. The van der Waals surface area contributed by atoms with Gasteiger partial charge >= 0.3 is 0 Å². The Balaban J connectivity index is 1.65. The second-order valence-electron chi connectivity index (χ2n) is 6.11. The third kappa shape index (κ3) is 3.04. The normalized spacial score (nSPS) is 16.2. The Morgan fingerprint density at radius 2 is 1.92 bits per heavy atom. The summed E-state index contributed by atoms with van der Waals surface area (Å²) in [6, 6.07) is 15.2. The zero-order chi connectivity index (χ0) is 18.3. The molecular formula is C20H15ClN2O2S. The van der Waals surface area contributed by atoms with Crippen molar-refractivity contribution in [2.24, 2.45) is 7.05 Å². The fourth-order valence-electron chi connectivity index (χ4n) is 3.08. The first-order valence-electron chi connectivity index (χ1n) is 8.07. The van der Waals surface area contributed by atoms with Gasteiger partial charge in [-0.2, -0.15) is 0 Å². The molecular weight excluding hydrogens is 368 g/mol. The molecule has 6 heteroatoms. The maximum atomic E-state index is 12.7. The summed E-state index contributed by atoms with van der Waals surface area (Å²) in [5.41, 5.74) is 2.83. The van der Waals surface area contributed by atoms with E-state index < -0.39 is 0 Å². The molecule has 0 bridgehead atoms. The molecule has 130 valence electrons. The molecule has 1 aliphatic rings. The zero-order valence-electron chi connectivity index (χ0n) is 14.0. The van der Waals surface area contributed by atoms with Crippen LogP contribution in [0.25, 0.3) is 17.0 Å². The fourth-order valence-corrected chi connectivity index (χ4v) is 4.13. The average molecular weight is 383 g/mol. The van der Waals surface area contributed by atoms with Crippen LogP contribution < -0.4 is 0 Å². The summed E-state index contributed by atoms with van der Waals surface area (Å²) in [6.45, 7) is 0.220. The summed E-state index contributed by atoms with van der Waals surface area (Å²) in [7, 11) is 1.96. The molecule has 0 aliphatic carbocycles. The Labute approximate surface area is 160 Å². The van der Waals surface area contributed by atoms with Crippen LogP contribution in [-0.2, 0) is 18.4 Å².